The van der Waals surface area contributed by atoms with Crippen LogP contribution in [0, 0.1) is 6.92 Å². The van der Waals surface area contributed by atoms with Crippen LogP contribution in [-0.2, 0) is 5.75 Å². The number of aryl methyl sites for hydroxylation is 1. The molecule has 152 valence electrons. The van der Waals surface area contributed by atoms with Gasteiger partial charge in [0.15, 0.2) is 11.0 Å². The van der Waals surface area contributed by atoms with Gasteiger partial charge in [-0.2, -0.15) is 0 Å². The van der Waals surface area contributed by atoms with Gasteiger partial charge in [0.1, 0.15) is 0 Å². The molecule has 0 bridgehead atoms. The second kappa shape index (κ2) is 8.58. The minimum Gasteiger partial charge on any atom is -0.270 e. The highest BCUT2D eigenvalue weighted by Crippen LogP contribution is 2.34. The third kappa shape index (κ3) is 3.97. The topological polar surface area (TPSA) is 30.7 Å². The Hall–Kier alpha value is -3.08. The van der Waals surface area contributed by atoms with E-state index in [-0.39, 0.29) is 0 Å². The van der Waals surface area contributed by atoms with Crippen LogP contribution in [0.25, 0.3) is 27.8 Å². The summed E-state index contributed by atoms with van der Waals surface area (Å²) >= 11 is 8.18. The minimum absolute atomic E-state index is 0.661. The Labute approximate surface area is 190 Å². The third-order valence-corrected chi connectivity index (χ3v) is 6.58. The number of fused-ring (bicyclic) bond motifs is 1. The summed E-state index contributed by atoms with van der Waals surface area (Å²) in [6, 6.07) is 31.1. The monoisotopic (exact) mass is 441 g/mol. The number of hydrogen-bond acceptors (Lipinski definition) is 3. The highest BCUT2D eigenvalue weighted by Gasteiger charge is 2.18. The van der Waals surface area contributed by atoms with Crippen LogP contribution >= 0.6 is 23.4 Å². The van der Waals surface area contributed by atoms with Crippen molar-refractivity contribution < 1.29 is 0 Å². The molecule has 0 aliphatic heterocycles. The molecule has 0 radical (unpaired) electrons. The Morgan fingerprint density at radius 3 is 2.39 bits per heavy atom. The Kier molecular flexibility index (Phi) is 5.49. The molecule has 0 saturated carbocycles. The summed E-state index contributed by atoms with van der Waals surface area (Å²) in [5, 5.41) is 13.1. The quantitative estimate of drug-likeness (QED) is 0.267. The zero-order chi connectivity index (χ0) is 21.2. The van der Waals surface area contributed by atoms with E-state index >= 15 is 0 Å². The predicted molar refractivity (Wildman–Crippen MR) is 130 cm³/mol. The van der Waals surface area contributed by atoms with E-state index in [0.717, 1.165) is 28.0 Å². The predicted octanol–water partition coefficient (Wildman–Crippen LogP) is 7.34. The summed E-state index contributed by atoms with van der Waals surface area (Å²) in [7, 11) is 0. The summed E-state index contributed by atoms with van der Waals surface area (Å²) in [4.78, 5) is 0. The SMILES string of the molecule is Cc1ccc(-n2c(SCc3cccc4ccccc34)nnc2-c2ccccc2Cl)cc1. The van der Waals surface area contributed by atoms with Gasteiger partial charge >= 0.3 is 0 Å². The van der Waals surface area contributed by atoms with Gasteiger partial charge in [-0.3, -0.25) is 4.57 Å². The molecule has 0 aliphatic carbocycles. The largest absolute Gasteiger partial charge is 0.270 e. The van der Waals surface area contributed by atoms with Gasteiger partial charge in [-0.15, -0.1) is 10.2 Å². The van der Waals surface area contributed by atoms with Crippen LogP contribution in [0.15, 0.2) is 96.2 Å². The van der Waals surface area contributed by atoms with Crippen LogP contribution in [0.2, 0.25) is 5.02 Å². The maximum absolute atomic E-state index is 6.50. The molecular formula is C26H20ClN3S. The van der Waals surface area contributed by atoms with Crippen LogP contribution in [-0.4, -0.2) is 14.8 Å². The van der Waals surface area contributed by atoms with E-state index in [2.05, 4.69) is 88.4 Å². The van der Waals surface area contributed by atoms with Crippen LogP contribution in [0.4, 0.5) is 0 Å². The molecule has 3 nitrogen and oxygen atoms in total. The highest BCUT2D eigenvalue weighted by atomic mass is 35.5. The molecule has 5 rings (SSSR count). The van der Waals surface area contributed by atoms with E-state index in [1.54, 1.807) is 11.8 Å². The molecule has 0 amide bonds. The molecular weight excluding hydrogens is 422 g/mol. The van der Waals surface area contributed by atoms with Crippen molar-refractivity contribution in [2.45, 2.75) is 17.8 Å². The summed E-state index contributed by atoms with van der Waals surface area (Å²) in [6.07, 6.45) is 0. The molecule has 1 heterocycles. The summed E-state index contributed by atoms with van der Waals surface area (Å²) in [5.74, 6) is 1.54. The van der Waals surface area contributed by atoms with Gasteiger partial charge in [0.05, 0.1) is 5.02 Å². The van der Waals surface area contributed by atoms with E-state index in [1.807, 2.05) is 24.3 Å². The minimum atomic E-state index is 0.661. The normalized spacial score (nSPS) is 11.2. The average molecular weight is 442 g/mol. The summed E-state index contributed by atoms with van der Waals surface area (Å²) in [5.41, 5.74) is 4.38. The lowest BCUT2D eigenvalue weighted by atomic mass is 10.1. The second-order valence-electron chi connectivity index (χ2n) is 7.38. The molecule has 5 heteroatoms. The molecule has 31 heavy (non-hydrogen) atoms. The highest BCUT2D eigenvalue weighted by molar-refractivity contribution is 7.98. The van der Waals surface area contributed by atoms with Crippen LogP contribution in [0.1, 0.15) is 11.1 Å². The van der Waals surface area contributed by atoms with Gasteiger partial charge in [-0.05, 0) is 47.5 Å². The molecule has 4 aromatic carbocycles. The van der Waals surface area contributed by atoms with E-state index in [0.29, 0.717) is 5.02 Å². The number of aromatic nitrogens is 3. The standard InChI is InChI=1S/C26H20ClN3S/c1-18-13-15-21(16-14-18)30-25(23-11-4-5-12-24(23)27)28-29-26(30)31-17-20-9-6-8-19-7-2-3-10-22(19)20/h2-16H,17H2,1H3. The van der Waals surface area contributed by atoms with Gasteiger partial charge in [-0.1, -0.05) is 95.7 Å². The fraction of sp³-hybridized carbons (Fsp3) is 0.0769. The summed E-state index contributed by atoms with van der Waals surface area (Å²) in [6.45, 7) is 2.08. The number of benzene rings is 4. The number of hydrogen-bond donors (Lipinski definition) is 0. The van der Waals surface area contributed by atoms with E-state index in [9.17, 15) is 0 Å². The van der Waals surface area contributed by atoms with Gasteiger partial charge in [-0.25, -0.2) is 0 Å². The number of halogens is 1. The molecule has 5 aromatic rings. The smallest absolute Gasteiger partial charge is 0.196 e. The Morgan fingerprint density at radius 1 is 0.806 bits per heavy atom. The lowest BCUT2D eigenvalue weighted by molar-refractivity contribution is 0.885. The van der Waals surface area contributed by atoms with Crippen molar-refractivity contribution in [2.24, 2.45) is 0 Å². The van der Waals surface area contributed by atoms with Gasteiger partial charge in [0.2, 0.25) is 0 Å². The van der Waals surface area contributed by atoms with Crippen LogP contribution < -0.4 is 0 Å². The zero-order valence-corrected chi connectivity index (χ0v) is 18.6. The van der Waals surface area contributed by atoms with Crippen molar-refractivity contribution in [3.05, 3.63) is 107 Å². The zero-order valence-electron chi connectivity index (χ0n) is 17.0. The first-order valence-corrected chi connectivity index (χ1v) is 11.4. The first-order chi connectivity index (χ1) is 15.2. The van der Waals surface area contributed by atoms with Gasteiger partial charge < -0.3 is 0 Å². The Balaban J connectivity index is 1.57. The molecule has 0 N–H and O–H groups in total. The molecule has 0 atom stereocenters. The maximum atomic E-state index is 6.50. The van der Waals surface area contributed by atoms with Crippen molar-refractivity contribution >= 4 is 34.1 Å². The fourth-order valence-corrected chi connectivity index (χ4v) is 4.84. The molecule has 0 unspecified atom stereocenters. The molecule has 0 saturated heterocycles. The van der Waals surface area contributed by atoms with Crippen LogP contribution in [0.3, 0.4) is 0 Å². The van der Waals surface area contributed by atoms with E-state index < -0.39 is 0 Å². The van der Waals surface area contributed by atoms with E-state index in [1.165, 1.54) is 21.9 Å². The van der Waals surface area contributed by atoms with E-state index in [4.69, 9.17) is 11.6 Å². The second-order valence-corrected chi connectivity index (χ2v) is 8.73. The molecule has 1 aromatic heterocycles. The van der Waals surface area contributed by atoms with Crippen molar-refractivity contribution in [3.63, 3.8) is 0 Å². The van der Waals surface area contributed by atoms with Crippen molar-refractivity contribution in [1.29, 1.82) is 0 Å². The lowest BCUT2D eigenvalue weighted by Crippen LogP contribution is -2.00. The summed E-state index contributed by atoms with van der Waals surface area (Å²) < 4.78 is 2.09. The Morgan fingerprint density at radius 2 is 1.55 bits per heavy atom. The molecule has 0 aliphatic rings. The molecule has 0 fully saturated rings. The van der Waals surface area contributed by atoms with Crippen molar-refractivity contribution in [3.8, 4) is 17.1 Å². The third-order valence-electron chi connectivity index (χ3n) is 5.28. The number of thioether (sulfide) groups is 1. The maximum Gasteiger partial charge on any atom is 0.196 e. The first kappa shape index (κ1) is 19.9. The van der Waals surface area contributed by atoms with Crippen molar-refractivity contribution in [2.75, 3.05) is 0 Å². The Bertz CT molecular complexity index is 1350. The number of nitrogens with zero attached hydrogens (tertiary/aromatic N) is 3. The van der Waals surface area contributed by atoms with Gasteiger partial charge in [0.25, 0.3) is 0 Å². The first-order valence-electron chi connectivity index (χ1n) is 10.1. The van der Waals surface area contributed by atoms with Gasteiger partial charge in [0, 0.05) is 17.0 Å². The molecule has 0 spiro atoms. The average Bonchev–Trinajstić information content (AvgIpc) is 3.22. The van der Waals surface area contributed by atoms with Crippen molar-refractivity contribution in [1.82, 2.24) is 14.8 Å². The fourth-order valence-electron chi connectivity index (χ4n) is 3.67. The number of rotatable bonds is 5. The lowest BCUT2D eigenvalue weighted by Gasteiger charge is -2.12. The van der Waals surface area contributed by atoms with Crippen LogP contribution in [0.5, 0.6) is 0 Å².